The lowest BCUT2D eigenvalue weighted by Crippen LogP contribution is -2.12. The highest BCUT2D eigenvalue weighted by Gasteiger charge is 2.26. The smallest absolute Gasteiger partial charge is 0.139 e. The SMILES string of the molecule is CC(C)(C)c1c(-c2cccc(N(c3ccc(-c4ccc5c(ccc6ccccc65)c4)cc3)c3ccc(-c4ccc5c(ccc6ccccc65)c4)cc3)c2)oc2ccccc12. The summed E-state index contributed by atoms with van der Waals surface area (Å²) in [5, 5.41) is 11.3. The molecule has 0 saturated heterocycles. The molecule has 0 aliphatic carbocycles. The van der Waals surface area contributed by atoms with E-state index >= 15 is 0 Å². The van der Waals surface area contributed by atoms with E-state index in [0.717, 1.165) is 39.4 Å². The fourth-order valence-electron chi connectivity index (χ4n) is 9.22. The van der Waals surface area contributed by atoms with Gasteiger partial charge < -0.3 is 9.32 Å². The van der Waals surface area contributed by atoms with Crippen LogP contribution < -0.4 is 4.90 Å². The van der Waals surface area contributed by atoms with Crippen LogP contribution >= 0.6 is 0 Å². The predicted molar refractivity (Wildman–Crippen MR) is 256 cm³/mol. The van der Waals surface area contributed by atoms with E-state index in [1.807, 2.05) is 6.07 Å². The third-order valence-corrected chi connectivity index (χ3v) is 12.1. The fourth-order valence-corrected chi connectivity index (χ4v) is 9.22. The molecule has 0 radical (unpaired) electrons. The van der Waals surface area contributed by atoms with Crippen LogP contribution in [0.15, 0.2) is 211 Å². The van der Waals surface area contributed by atoms with E-state index in [9.17, 15) is 0 Å². The van der Waals surface area contributed by atoms with E-state index < -0.39 is 0 Å². The maximum atomic E-state index is 6.68. The molecule has 0 unspecified atom stereocenters. The minimum atomic E-state index is -0.116. The van der Waals surface area contributed by atoms with Crippen LogP contribution in [0.1, 0.15) is 26.3 Å². The zero-order valence-electron chi connectivity index (χ0n) is 34.0. The molecule has 0 amide bonds. The average Bonchev–Trinajstić information content (AvgIpc) is 3.70. The number of hydrogen-bond donors (Lipinski definition) is 0. The average molecular weight is 770 g/mol. The molecular weight excluding hydrogens is 727 g/mol. The minimum Gasteiger partial charge on any atom is -0.456 e. The quantitative estimate of drug-likeness (QED) is 0.157. The topological polar surface area (TPSA) is 16.4 Å². The van der Waals surface area contributed by atoms with Crippen LogP contribution in [0.25, 0.3) is 87.6 Å². The summed E-state index contributed by atoms with van der Waals surface area (Å²) in [5.74, 6) is 0.921. The highest BCUT2D eigenvalue weighted by molar-refractivity contribution is 6.09. The molecule has 0 fully saturated rings. The summed E-state index contributed by atoms with van der Waals surface area (Å²) < 4.78 is 6.68. The molecular formula is C58H43NO. The Bertz CT molecular complexity index is 3240. The summed E-state index contributed by atoms with van der Waals surface area (Å²) in [4.78, 5) is 2.36. The molecule has 0 aliphatic heterocycles. The normalized spacial score (nSPS) is 11.9. The second-order valence-electron chi connectivity index (χ2n) is 17.0. The molecule has 11 aromatic rings. The number of rotatable bonds is 6. The Hall–Kier alpha value is -7.42. The van der Waals surface area contributed by atoms with Gasteiger partial charge in [0.1, 0.15) is 11.3 Å². The van der Waals surface area contributed by atoms with E-state index in [4.69, 9.17) is 4.42 Å². The lowest BCUT2D eigenvalue weighted by molar-refractivity contribution is 0.568. The summed E-state index contributed by atoms with van der Waals surface area (Å²) in [6, 6.07) is 75.0. The molecule has 60 heavy (non-hydrogen) atoms. The molecule has 0 atom stereocenters. The zero-order valence-corrected chi connectivity index (χ0v) is 34.0. The van der Waals surface area contributed by atoms with E-state index in [1.54, 1.807) is 0 Å². The summed E-state index contributed by atoms with van der Waals surface area (Å²) in [6.45, 7) is 6.80. The van der Waals surface area contributed by atoms with Gasteiger partial charge in [0.05, 0.1) is 0 Å². The van der Waals surface area contributed by atoms with Gasteiger partial charge in [-0.2, -0.15) is 0 Å². The van der Waals surface area contributed by atoms with Gasteiger partial charge in [-0.05, 0) is 125 Å². The first-order chi connectivity index (χ1) is 29.4. The number of benzene rings is 10. The molecule has 0 aliphatic rings. The van der Waals surface area contributed by atoms with Crippen molar-refractivity contribution < 1.29 is 4.42 Å². The Morgan fingerprint density at radius 2 is 0.800 bits per heavy atom. The summed E-state index contributed by atoms with van der Waals surface area (Å²) >= 11 is 0. The summed E-state index contributed by atoms with van der Waals surface area (Å²) in [7, 11) is 0. The first-order valence-corrected chi connectivity index (χ1v) is 20.8. The molecule has 2 heteroatoms. The number of hydrogen-bond acceptors (Lipinski definition) is 2. The molecule has 1 aromatic heterocycles. The van der Waals surface area contributed by atoms with Crippen LogP contribution in [0, 0.1) is 0 Å². The van der Waals surface area contributed by atoms with Crippen molar-refractivity contribution in [3.05, 3.63) is 212 Å². The zero-order chi connectivity index (χ0) is 40.4. The van der Waals surface area contributed by atoms with Gasteiger partial charge in [0.15, 0.2) is 0 Å². The monoisotopic (exact) mass is 769 g/mol. The number of anilines is 3. The highest BCUT2D eigenvalue weighted by Crippen LogP contribution is 2.44. The largest absolute Gasteiger partial charge is 0.456 e. The predicted octanol–water partition coefficient (Wildman–Crippen LogP) is 16.8. The van der Waals surface area contributed by atoms with Crippen molar-refractivity contribution in [1.82, 2.24) is 0 Å². The van der Waals surface area contributed by atoms with Crippen molar-refractivity contribution >= 4 is 71.1 Å². The van der Waals surface area contributed by atoms with Crippen molar-refractivity contribution in [3.63, 3.8) is 0 Å². The van der Waals surface area contributed by atoms with Crippen LogP contribution in [0.2, 0.25) is 0 Å². The molecule has 286 valence electrons. The van der Waals surface area contributed by atoms with Crippen molar-refractivity contribution in [2.24, 2.45) is 0 Å². The molecule has 0 spiro atoms. The molecule has 0 saturated carbocycles. The third-order valence-electron chi connectivity index (χ3n) is 12.1. The summed E-state index contributed by atoms with van der Waals surface area (Å²) in [5.41, 5.74) is 11.0. The maximum absolute atomic E-state index is 6.68. The van der Waals surface area contributed by atoms with Gasteiger partial charge in [-0.15, -0.1) is 0 Å². The molecule has 1 heterocycles. The lowest BCUT2D eigenvalue weighted by Gasteiger charge is -2.27. The van der Waals surface area contributed by atoms with Gasteiger partial charge in [0, 0.05) is 33.6 Å². The highest BCUT2D eigenvalue weighted by atomic mass is 16.3. The van der Waals surface area contributed by atoms with E-state index in [2.05, 4.69) is 226 Å². The number of furan rings is 1. The Kier molecular flexibility index (Phi) is 8.42. The Morgan fingerprint density at radius 3 is 1.35 bits per heavy atom. The number of fused-ring (bicyclic) bond motifs is 7. The van der Waals surface area contributed by atoms with Crippen molar-refractivity contribution in [1.29, 1.82) is 0 Å². The Balaban J connectivity index is 1.00. The first-order valence-electron chi connectivity index (χ1n) is 20.8. The Labute approximate surface area is 350 Å². The van der Waals surface area contributed by atoms with Gasteiger partial charge in [-0.3, -0.25) is 0 Å². The lowest BCUT2D eigenvalue weighted by atomic mass is 9.83. The van der Waals surface area contributed by atoms with Crippen molar-refractivity contribution in [2.75, 3.05) is 4.90 Å². The van der Waals surface area contributed by atoms with Crippen LogP contribution in [-0.4, -0.2) is 0 Å². The van der Waals surface area contributed by atoms with E-state index in [0.29, 0.717) is 0 Å². The molecule has 0 N–H and O–H groups in total. The van der Waals surface area contributed by atoms with Gasteiger partial charge in [-0.1, -0.05) is 172 Å². The van der Waals surface area contributed by atoms with Gasteiger partial charge >= 0.3 is 0 Å². The van der Waals surface area contributed by atoms with Gasteiger partial charge in [-0.25, -0.2) is 0 Å². The standard InChI is InChI=1S/C58H43NO/c1-58(2,3)56-54-17-8-9-18-55(54)60-57(56)46-13-10-14-49(37-46)59(47-29-23-38(24-30-47)42-27-33-52-44(35-42)21-19-40-11-4-6-15-50(40)52)48-31-25-39(26-32-48)43-28-34-53-45(36-43)22-20-41-12-5-7-16-51(41)53/h4-37H,1-3H3. The van der Waals surface area contributed by atoms with Crippen LogP contribution in [0.5, 0.6) is 0 Å². The minimum absolute atomic E-state index is 0.116. The molecule has 11 rings (SSSR count). The number of para-hydroxylation sites is 1. The Morgan fingerprint density at radius 1 is 0.333 bits per heavy atom. The van der Waals surface area contributed by atoms with Crippen molar-refractivity contribution in [3.8, 4) is 33.6 Å². The maximum Gasteiger partial charge on any atom is 0.139 e. The summed E-state index contributed by atoms with van der Waals surface area (Å²) in [6.07, 6.45) is 0. The van der Waals surface area contributed by atoms with Crippen molar-refractivity contribution in [2.45, 2.75) is 26.2 Å². The van der Waals surface area contributed by atoms with Crippen LogP contribution in [0.4, 0.5) is 17.1 Å². The third kappa shape index (κ3) is 6.20. The van der Waals surface area contributed by atoms with Gasteiger partial charge in [0.25, 0.3) is 0 Å². The first kappa shape index (κ1) is 35.7. The molecule has 0 bridgehead atoms. The molecule has 10 aromatic carbocycles. The van der Waals surface area contributed by atoms with E-state index in [-0.39, 0.29) is 5.41 Å². The second-order valence-corrected chi connectivity index (χ2v) is 17.0. The van der Waals surface area contributed by atoms with Crippen LogP contribution in [0.3, 0.4) is 0 Å². The number of nitrogens with zero attached hydrogens (tertiary/aromatic N) is 1. The van der Waals surface area contributed by atoms with E-state index in [1.165, 1.54) is 70.9 Å². The van der Waals surface area contributed by atoms with Crippen LogP contribution in [-0.2, 0) is 5.41 Å². The van der Waals surface area contributed by atoms with Gasteiger partial charge in [0.2, 0.25) is 0 Å². The molecule has 2 nitrogen and oxygen atoms in total. The second kappa shape index (κ2) is 14.1. The fraction of sp³-hybridized carbons (Fsp3) is 0.0690.